The Labute approximate surface area is 227 Å². The lowest BCUT2D eigenvalue weighted by Crippen LogP contribution is -2.46. The zero-order chi connectivity index (χ0) is 25.9. The number of aromatic nitrogens is 1. The smallest absolute Gasteiger partial charge is 0.294 e. The van der Waals surface area contributed by atoms with Gasteiger partial charge in [-0.2, -0.15) is 0 Å². The van der Waals surface area contributed by atoms with Gasteiger partial charge in [-0.05, 0) is 54.6 Å². The number of amides is 3. The van der Waals surface area contributed by atoms with E-state index in [1.165, 1.54) is 0 Å². The highest BCUT2D eigenvalue weighted by Gasteiger charge is 2.37. The summed E-state index contributed by atoms with van der Waals surface area (Å²) in [5.41, 5.74) is 2.88. The largest absolute Gasteiger partial charge is 0.491 e. The molecule has 1 aromatic heterocycles. The van der Waals surface area contributed by atoms with Crippen LogP contribution in [-0.2, 0) is 20.9 Å². The van der Waals surface area contributed by atoms with Crippen molar-refractivity contribution in [1.29, 1.82) is 0 Å². The van der Waals surface area contributed by atoms with Crippen LogP contribution in [0.4, 0.5) is 4.79 Å². The summed E-state index contributed by atoms with van der Waals surface area (Å²) in [5.74, 6) is 0.152. The Kier molecular flexibility index (Phi) is 7.68. The highest BCUT2D eigenvalue weighted by molar-refractivity contribution is 9.10. The van der Waals surface area contributed by atoms with Crippen molar-refractivity contribution in [3.63, 3.8) is 0 Å². The van der Waals surface area contributed by atoms with Gasteiger partial charge in [-0.1, -0.05) is 34.1 Å². The van der Waals surface area contributed by atoms with Crippen molar-refractivity contribution in [2.24, 2.45) is 0 Å². The molecule has 2 fully saturated rings. The van der Waals surface area contributed by atoms with E-state index in [4.69, 9.17) is 9.47 Å². The number of fused-ring (bicyclic) bond motifs is 1. The molecule has 0 N–H and O–H groups in total. The molecule has 3 heterocycles. The number of thioether (sulfide) groups is 1. The second kappa shape index (κ2) is 11.1. The molecule has 0 spiro atoms. The number of halogens is 1. The molecule has 37 heavy (non-hydrogen) atoms. The van der Waals surface area contributed by atoms with Crippen LogP contribution in [-0.4, -0.2) is 70.9 Å². The number of para-hydroxylation sites is 1. The minimum atomic E-state index is -0.449. The lowest BCUT2D eigenvalue weighted by Gasteiger charge is -2.28. The maximum Gasteiger partial charge on any atom is 0.294 e. The summed E-state index contributed by atoms with van der Waals surface area (Å²) >= 11 is 4.40. The fourth-order valence-electron chi connectivity index (χ4n) is 4.39. The van der Waals surface area contributed by atoms with Gasteiger partial charge in [0.2, 0.25) is 5.91 Å². The molecule has 2 aliphatic heterocycles. The van der Waals surface area contributed by atoms with Crippen LogP contribution in [0.25, 0.3) is 17.0 Å². The van der Waals surface area contributed by atoms with Gasteiger partial charge in [-0.25, -0.2) is 0 Å². The van der Waals surface area contributed by atoms with Gasteiger partial charge in [0.1, 0.15) is 18.9 Å². The quantitative estimate of drug-likeness (QED) is 0.375. The van der Waals surface area contributed by atoms with E-state index >= 15 is 0 Å². The van der Waals surface area contributed by atoms with Gasteiger partial charge < -0.3 is 18.9 Å². The average Bonchev–Trinajstić information content (AvgIpc) is 3.36. The van der Waals surface area contributed by atoms with E-state index in [2.05, 4.69) is 20.5 Å². The molecule has 10 heteroatoms. The second-order valence-corrected chi connectivity index (χ2v) is 10.7. The third kappa shape index (κ3) is 5.61. The Bertz CT molecular complexity index is 1400. The van der Waals surface area contributed by atoms with E-state index in [0.717, 1.165) is 48.9 Å². The Morgan fingerprint density at radius 1 is 1.16 bits per heavy atom. The summed E-state index contributed by atoms with van der Waals surface area (Å²) in [6.45, 7) is 4.69. The molecule has 3 aromatic rings. The minimum Gasteiger partial charge on any atom is -0.491 e. The summed E-state index contributed by atoms with van der Waals surface area (Å²) < 4.78 is 14.3. The molecule has 0 atom stereocenters. The van der Waals surface area contributed by atoms with Crippen molar-refractivity contribution < 1.29 is 23.9 Å². The molecule has 2 aliphatic rings. The van der Waals surface area contributed by atoms with E-state index in [9.17, 15) is 14.4 Å². The fourth-order valence-corrected chi connectivity index (χ4v) is 5.59. The molecule has 0 aliphatic carbocycles. The van der Waals surface area contributed by atoms with E-state index in [0.29, 0.717) is 44.4 Å². The number of carbonyl (C=O) groups is 3. The topological polar surface area (TPSA) is 81.1 Å². The maximum absolute atomic E-state index is 13.1. The van der Waals surface area contributed by atoms with Crippen LogP contribution in [0.1, 0.15) is 11.1 Å². The van der Waals surface area contributed by atoms with Gasteiger partial charge in [0.05, 0.1) is 24.7 Å². The number of ether oxygens (including phenoxy) is 2. The maximum atomic E-state index is 13.1. The van der Waals surface area contributed by atoms with Gasteiger partial charge in [-0.15, -0.1) is 0 Å². The zero-order valence-corrected chi connectivity index (χ0v) is 22.7. The summed E-state index contributed by atoms with van der Waals surface area (Å²) in [4.78, 5) is 41.3. The highest BCUT2D eigenvalue weighted by Crippen LogP contribution is 2.35. The first kappa shape index (κ1) is 25.6. The van der Waals surface area contributed by atoms with Crippen molar-refractivity contribution in [2.45, 2.75) is 13.5 Å². The Hall–Kier alpha value is -3.08. The number of carbonyl (C=O) groups excluding carboxylic acids is 3. The normalized spacial score (nSPS) is 17.3. The summed E-state index contributed by atoms with van der Waals surface area (Å²) in [6, 6.07) is 13.9. The predicted octanol–water partition coefficient (Wildman–Crippen LogP) is 4.69. The molecule has 192 valence electrons. The molecule has 2 aromatic carbocycles. The molecular formula is C27H26BrN3O5S. The summed E-state index contributed by atoms with van der Waals surface area (Å²) in [6.07, 6.45) is 3.70. The average molecular weight is 584 g/mol. The fraction of sp³-hybridized carbons (Fsp3) is 0.296. The van der Waals surface area contributed by atoms with Gasteiger partial charge in [0.25, 0.3) is 11.1 Å². The Balaban J connectivity index is 1.35. The number of benzene rings is 2. The van der Waals surface area contributed by atoms with E-state index in [1.54, 1.807) is 11.0 Å². The number of rotatable bonds is 7. The van der Waals surface area contributed by atoms with Crippen molar-refractivity contribution in [2.75, 3.05) is 39.5 Å². The van der Waals surface area contributed by atoms with E-state index in [-0.39, 0.29) is 12.5 Å². The SMILES string of the molecule is Cc1ccccc1OCCn1cc(/C=C2\SC(=O)N(CC(=O)N3CCOCC3)C2=O)c2cc(Br)ccc21. The number of aryl methyl sites for hydroxylation is 1. The molecule has 8 nitrogen and oxygen atoms in total. The molecule has 3 amide bonds. The third-order valence-electron chi connectivity index (χ3n) is 6.37. The number of nitrogens with zero attached hydrogens (tertiary/aromatic N) is 3. The zero-order valence-electron chi connectivity index (χ0n) is 20.3. The standard InChI is InChI=1S/C27H26BrN3O5S/c1-18-4-2-3-5-23(18)36-13-10-30-16-19(21-15-20(28)6-7-22(21)30)14-24-26(33)31(27(34)37-24)17-25(32)29-8-11-35-12-9-29/h2-7,14-16H,8-13,17H2,1H3/b24-14-. The third-order valence-corrected chi connectivity index (χ3v) is 7.78. The Morgan fingerprint density at radius 3 is 2.73 bits per heavy atom. The first-order chi connectivity index (χ1) is 17.9. The van der Waals surface area contributed by atoms with Crippen molar-refractivity contribution in [1.82, 2.24) is 14.4 Å². The molecule has 0 saturated carbocycles. The van der Waals surface area contributed by atoms with E-state index in [1.807, 2.05) is 55.6 Å². The number of morpholine rings is 1. The van der Waals surface area contributed by atoms with Crippen LogP contribution in [0, 0.1) is 6.92 Å². The van der Waals surface area contributed by atoms with Gasteiger partial charge in [0, 0.05) is 40.2 Å². The molecule has 2 saturated heterocycles. The number of imide groups is 1. The van der Waals surface area contributed by atoms with Crippen molar-refractivity contribution in [3.8, 4) is 5.75 Å². The molecule has 0 unspecified atom stereocenters. The molecule has 0 bridgehead atoms. The minimum absolute atomic E-state index is 0.249. The van der Waals surface area contributed by atoms with Crippen molar-refractivity contribution >= 4 is 61.7 Å². The highest BCUT2D eigenvalue weighted by atomic mass is 79.9. The van der Waals surface area contributed by atoms with Crippen LogP contribution in [0.5, 0.6) is 5.75 Å². The van der Waals surface area contributed by atoms with Gasteiger partial charge >= 0.3 is 0 Å². The van der Waals surface area contributed by atoms with E-state index < -0.39 is 11.1 Å². The molecule has 0 radical (unpaired) electrons. The number of hydrogen-bond acceptors (Lipinski definition) is 6. The second-order valence-electron chi connectivity index (χ2n) is 8.81. The first-order valence-corrected chi connectivity index (χ1v) is 13.6. The van der Waals surface area contributed by atoms with Crippen molar-refractivity contribution in [3.05, 3.63) is 69.2 Å². The molecular weight excluding hydrogens is 558 g/mol. The lowest BCUT2D eigenvalue weighted by molar-refractivity contribution is -0.139. The van der Waals surface area contributed by atoms with Crippen LogP contribution >= 0.6 is 27.7 Å². The predicted molar refractivity (Wildman–Crippen MR) is 146 cm³/mol. The van der Waals surface area contributed by atoms with Crippen LogP contribution in [0.15, 0.2) is 58.0 Å². The molecule has 5 rings (SSSR count). The summed E-state index contributed by atoms with van der Waals surface area (Å²) in [7, 11) is 0. The van der Waals surface area contributed by atoms with Gasteiger partial charge in [-0.3, -0.25) is 19.3 Å². The monoisotopic (exact) mass is 583 g/mol. The Morgan fingerprint density at radius 2 is 1.95 bits per heavy atom. The first-order valence-electron chi connectivity index (χ1n) is 12.0. The van der Waals surface area contributed by atoms with Crippen LogP contribution in [0.2, 0.25) is 0 Å². The number of hydrogen-bond donors (Lipinski definition) is 0. The van der Waals surface area contributed by atoms with Gasteiger partial charge in [0.15, 0.2) is 0 Å². The summed E-state index contributed by atoms with van der Waals surface area (Å²) in [5, 5.41) is 0.510. The lowest BCUT2D eigenvalue weighted by atomic mass is 10.1. The van der Waals surface area contributed by atoms with Crippen LogP contribution in [0.3, 0.4) is 0 Å². The van der Waals surface area contributed by atoms with Crippen LogP contribution < -0.4 is 4.74 Å².